The average molecular weight is 239 g/mol. The summed E-state index contributed by atoms with van der Waals surface area (Å²) in [6.07, 6.45) is 1.02. The SMILES string of the molecule is NC(N)=NN=Cc1cc([N+](=O)[O-])c(O)cc1O. The first kappa shape index (κ1) is 12.2. The van der Waals surface area contributed by atoms with Gasteiger partial charge in [-0.05, 0) is 0 Å². The first-order valence-electron chi connectivity index (χ1n) is 4.24. The molecule has 0 radical (unpaired) electrons. The van der Waals surface area contributed by atoms with Crippen LogP contribution in [0.1, 0.15) is 5.56 Å². The monoisotopic (exact) mass is 239 g/mol. The molecule has 9 heteroatoms. The van der Waals surface area contributed by atoms with Gasteiger partial charge in [-0.15, -0.1) is 5.10 Å². The summed E-state index contributed by atoms with van der Waals surface area (Å²) >= 11 is 0. The van der Waals surface area contributed by atoms with Gasteiger partial charge < -0.3 is 21.7 Å². The summed E-state index contributed by atoms with van der Waals surface area (Å²) in [6, 6.07) is 1.77. The summed E-state index contributed by atoms with van der Waals surface area (Å²) in [6.45, 7) is 0. The van der Waals surface area contributed by atoms with Gasteiger partial charge in [0.1, 0.15) is 5.75 Å². The van der Waals surface area contributed by atoms with Gasteiger partial charge in [-0.25, -0.2) is 0 Å². The van der Waals surface area contributed by atoms with E-state index in [4.69, 9.17) is 11.5 Å². The van der Waals surface area contributed by atoms with Crippen LogP contribution in [-0.2, 0) is 0 Å². The van der Waals surface area contributed by atoms with Crippen molar-refractivity contribution in [3.05, 3.63) is 27.8 Å². The van der Waals surface area contributed by atoms with E-state index < -0.39 is 16.4 Å². The van der Waals surface area contributed by atoms with E-state index in [1.165, 1.54) is 0 Å². The minimum Gasteiger partial charge on any atom is -0.507 e. The fourth-order valence-corrected chi connectivity index (χ4v) is 0.989. The van der Waals surface area contributed by atoms with Gasteiger partial charge in [-0.1, -0.05) is 0 Å². The Morgan fingerprint density at radius 3 is 2.53 bits per heavy atom. The van der Waals surface area contributed by atoms with Crippen LogP contribution in [-0.4, -0.2) is 27.3 Å². The fraction of sp³-hybridized carbons (Fsp3) is 0. The summed E-state index contributed by atoms with van der Waals surface area (Å²) in [7, 11) is 0. The second-order valence-electron chi connectivity index (χ2n) is 2.93. The number of aromatic hydroxyl groups is 2. The Bertz CT molecular complexity index is 507. The molecule has 0 bridgehead atoms. The molecule has 0 unspecified atom stereocenters. The minimum absolute atomic E-state index is 0.000463. The van der Waals surface area contributed by atoms with Crippen molar-refractivity contribution in [3.8, 4) is 11.5 Å². The molecule has 17 heavy (non-hydrogen) atoms. The van der Waals surface area contributed by atoms with Crippen LogP contribution in [0.2, 0.25) is 0 Å². The van der Waals surface area contributed by atoms with Crippen molar-refractivity contribution in [3.63, 3.8) is 0 Å². The van der Waals surface area contributed by atoms with E-state index in [-0.39, 0.29) is 17.3 Å². The van der Waals surface area contributed by atoms with E-state index in [2.05, 4.69) is 10.2 Å². The van der Waals surface area contributed by atoms with Crippen molar-refractivity contribution >= 4 is 17.9 Å². The molecule has 0 spiro atoms. The van der Waals surface area contributed by atoms with E-state index in [9.17, 15) is 20.3 Å². The molecule has 0 aliphatic carbocycles. The highest BCUT2D eigenvalue weighted by Gasteiger charge is 2.16. The Morgan fingerprint density at radius 1 is 1.35 bits per heavy atom. The molecule has 0 fully saturated rings. The molecule has 0 atom stereocenters. The van der Waals surface area contributed by atoms with Crippen LogP contribution >= 0.6 is 0 Å². The van der Waals surface area contributed by atoms with Gasteiger partial charge in [0.15, 0.2) is 5.75 Å². The highest BCUT2D eigenvalue weighted by atomic mass is 16.6. The molecule has 0 aliphatic heterocycles. The van der Waals surface area contributed by atoms with Crippen molar-refractivity contribution in [2.24, 2.45) is 21.7 Å². The topological polar surface area (TPSA) is 160 Å². The highest BCUT2D eigenvalue weighted by Crippen LogP contribution is 2.31. The van der Waals surface area contributed by atoms with Crippen LogP contribution in [0.4, 0.5) is 5.69 Å². The molecule has 6 N–H and O–H groups in total. The van der Waals surface area contributed by atoms with Gasteiger partial charge in [0.05, 0.1) is 11.1 Å². The van der Waals surface area contributed by atoms with Crippen LogP contribution in [0.5, 0.6) is 11.5 Å². The van der Waals surface area contributed by atoms with E-state index in [1.807, 2.05) is 0 Å². The quantitative estimate of drug-likeness (QED) is 0.243. The lowest BCUT2D eigenvalue weighted by molar-refractivity contribution is -0.385. The lowest BCUT2D eigenvalue weighted by atomic mass is 10.2. The van der Waals surface area contributed by atoms with E-state index in [0.29, 0.717) is 0 Å². The summed E-state index contributed by atoms with van der Waals surface area (Å²) in [5.74, 6) is -1.33. The number of phenols is 2. The standard InChI is InChI=1S/C8H9N5O4/c9-8(10)12-11-3-4-1-5(13(16)17)7(15)2-6(4)14/h1-3,14-15H,(H4,9,10,12). The number of guanidine groups is 1. The normalized spacial score (nSPS) is 10.4. The largest absolute Gasteiger partial charge is 0.507 e. The summed E-state index contributed by atoms with van der Waals surface area (Å²) in [5.41, 5.74) is 9.44. The van der Waals surface area contributed by atoms with Crippen molar-refractivity contribution in [2.75, 3.05) is 0 Å². The second kappa shape index (κ2) is 4.79. The van der Waals surface area contributed by atoms with Crippen LogP contribution in [0.3, 0.4) is 0 Å². The maximum absolute atomic E-state index is 10.5. The van der Waals surface area contributed by atoms with E-state index >= 15 is 0 Å². The number of phenolic OH excluding ortho intramolecular Hbond substituents is 2. The summed E-state index contributed by atoms with van der Waals surface area (Å²) in [4.78, 5) is 9.72. The molecule has 0 saturated carbocycles. The number of nitro benzene ring substituents is 1. The third kappa shape index (κ3) is 3.06. The molecular weight excluding hydrogens is 230 g/mol. The van der Waals surface area contributed by atoms with Crippen LogP contribution in [0, 0.1) is 10.1 Å². The third-order valence-corrected chi connectivity index (χ3v) is 1.69. The lowest BCUT2D eigenvalue weighted by Gasteiger charge is -2.00. The molecular formula is C8H9N5O4. The molecule has 90 valence electrons. The predicted octanol–water partition coefficient (Wildman–Crippen LogP) is -0.387. The zero-order chi connectivity index (χ0) is 13.0. The minimum atomic E-state index is -0.799. The molecule has 0 amide bonds. The summed E-state index contributed by atoms with van der Waals surface area (Å²) < 4.78 is 0. The van der Waals surface area contributed by atoms with E-state index in [0.717, 1.165) is 18.3 Å². The lowest BCUT2D eigenvalue weighted by Crippen LogP contribution is -2.21. The number of rotatable bonds is 3. The molecule has 0 heterocycles. The van der Waals surface area contributed by atoms with Gasteiger partial charge in [0.2, 0.25) is 5.96 Å². The molecule has 1 aromatic carbocycles. The number of nitrogens with zero attached hydrogens (tertiary/aromatic N) is 3. The van der Waals surface area contributed by atoms with Gasteiger partial charge in [0.25, 0.3) is 0 Å². The first-order chi connectivity index (χ1) is 7.91. The Balaban J connectivity index is 3.17. The summed E-state index contributed by atoms with van der Waals surface area (Å²) in [5, 5.41) is 35.7. The average Bonchev–Trinajstić information content (AvgIpc) is 2.20. The Hall–Kier alpha value is -2.84. The van der Waals surface area contributed by atoms with E-state index in [1.54, 1.807) is 0 Å². The number of nitrogens with two attached hydrogens (primary N) is 2. The van der Waals surface area contributed by atoms with Crippen molar-refractivity contribution in [1.82, 2.24) is 0 Å². The highest BCUT2D eigenvalue weighted by molar-refractivity contribution is 5.86. The fourth-order valence-electron chi connectivity index (χ4n) is 0.989. The number of hydrogen-bond acceptors (Lipinski definition) is 6. The molecule has 1 aromatic rings. The first-order valence-corrected chi connectivity index (χ1v) is 4.24. The second-order valence-corrected chi connectivity index (χ2v) is 2.93. The van der Waals surface area contributed by atoms with Crippen molar-refractivity contribution in [2.45, 2.75) is 0 Å². The van der Waals surface area contributed by atoms with Crippen LogP contribution < -0.4 is 11.5 Å². The van der Waals surface area contributed by atoms with Gasteiger partial charge in [-0.3, -0.25) is 10.1 Å². The van der Waals surface area contributed by atoms with Crippen molar-refractivity contribution in [1.29, 1.82) is 0 Å². The molecule has 1 rings (SSSR count). The van der Waals surface area contributed by atoms with Gasteiger partial charge in [-0.2, -0.15) is 5.10 Å². The Kier molecular flexibility index (Phi) is 3.44. The maximum atomic E-state index is 10.5. The number of benzene rings is 1. The third-order valence-electron chi connectivity index (χ3n) is 1.69. The number of hydrogen-bond donors (Lipinski definition) is 4. The molecule has 0 aliphatic rings. The van der Waals surface area contributed by atoms with Crippen molar-refractivity contribution < 1.29 is 15.1 Å². The Labute approximate surface area is 94.8 Å². The molecule has 0 aromatic heterocycles. The zero-order valence-corrected chi connectivity index (χ0v) is 8.44. The number of nitro groups is 1. The zero-order valence-electron chi connectivity index (χ0n) is 8.44. The Morgan fingerprint density at radius 2 is 2.00 bits per heavy atom. The van der Waals surface area contributed by atoms with Gasteiger partial charge >= 0.3 is 5.69 Å². The van der Waals surface area contributed by atoms with Crippen LogP contribution in [0.25, 0.3) is 0 Å². The maximum Gasteiger partial charge on any atom is 0.311 e. The smallest absolute Gasteiger partial charge is 0.311 e. The molecule has 0 saturated heterocycles. The molecule has 9 nitrogen and oxygen atoms in total. The van der Waals surface area contributed by atoms with Gasteiger partial charge in [0, 0.05) is 17.7 Å². The van der Waals surface area contributed by atoms with Crippen LogP contribution in [0.15, 0.2) is 22.3 Å². The predicted molar refractivity (Wildman–Crippen MR) is 59.8 cm³/mol.